The second-order valence-corrected chi connectivity index (χ2v) is 11.2. The smallest absolute Gasteiger partial charge is 0.00259 e. The summed E-state index contributed by atoms with van der Waals surface area (Å²) in [6.45, 7) is 0. The van der Waals surface area contributed by atoms with Crippen molar-refractivity contribution in [2.24, 2.45) is 0 Å². The molecule has 5 aromatic rings. The van der Waals surface area contributed by atoms with Gasteiger partial charge in [-0.15, -0.1) is 5.56 Å². The van der Waals surface area contributed by atoms with E-state index in [0.717, 1.165) is 19.3 Å². The Morgan fingerprint density at radius 2 is 1.18 bits per heavy atom. The van der Waals surface area contributed by atoms with Crippen LogP contribution in [0.2, 0.25) is 0 Å². The maximum Gasteiger partial charge on any atom is -0.00259 e. The van der Waals surface area contributed by atoms with E-state index in [1.165, 1.54) is 57.3 Å². The Kier molecular flexibility index (Phi) is 12.1. The van der Waals surface area contributed by atoms with E-state index in [-0.39, 0.29) is 24.8 Å². The molecule has 0 spiro atoms. The Bertz CT molecular complexity index is 1300. The Morgan fingerprint density at radius 3 is 1.71 bits per heavy atom. The molecule has 3 heteroatoms. The molecular formula is C35H30Cl2Zr-2. The zero-order valence-corrected chi connectivity index (χ0v) is 25.3. The van der Waals surface area contributed by atoms with Gasteiger partial charge >= 0.3 is 40.3 Å². The first-order valence-corrected chi connectivity index (χ1v) is 13.9. The number of hydrogen-bond donors (Lipinski definition) is 0. The molecule has 2 aliphatic rings. The van der Waals surface area contributed by atoms with Crippen molar-refractivity contribution >= 4 is 3.21 Å². The molecule has 0 aromatic heterocycles. The molecule has 0 aliphatic heterocycles. The second kappa shape index (κ2) is 15.2. The van der Waals surface area contributed by atoms with E-state index in [4.69, 9.17) is 0 Å². The topological polar surface area (TPSA) is 0 Å². The van der Waals surface area contributed by atoms with Gasteiger partial charge in [0.15, 0.2) is 0 Å². The minimum Gasteiger partial charge on any atom is -0.214 e. The van der Waals surface area contributed by atoms with Crippen molar-refractivity contribution in [1.82, 2.24) is 0 Å². The van der Waals surface area contributed by atoms with Gasteiger partial charge in [0.25, 0.3) is 0 Å². The minimum atomic E-state index is 0. The van der Waals surface area contributed by atoms with Gasteiger partial charge in [-0.05, 0) is 30.4 Å². The van der Waals surface area contributed by atoms with Gasteiger partial charge in [0.1, 0.15) is 0 Å². The molecule has 1 fully saturated rings. The normalized spacial score (nSPS) is 11.8. The fraction of sp³-hybridized carbons (Fsp3) is 0.143. The van der Waals surface area contributed by atoms with Crippen molar-refractivity contribution in [3.63, 3.8) is 0 Å². The molecule has 0 nitrogen and oxygen atoms in total. The molecule has 7 rings (SSSR count). The van der Waals surface area contributed by atoms with Gasteiger partial charge < -0.3 is 24.8 Å². The molecule has 0 bridgehead atoms. The van der Waals surface area contributed by atoms with Crippen LogP contribution < -0.4 is 24.8 Å². The predicted molar refractivity (Wildman–Crippen MR) is 148 cm³/mol. The van der Waals surface area contributed by atoms with Crippen LogP contribution in [0.5, 0.6) is 0 Å². The average molecular weight is 613 g/mol. The van der Waals surface area contributed by atoms with Crippen molar-refractivity contribution < 1.29 is 49.0 Å². The summed E-state index contributed by atoms with van der Waals surface area (Å²) in [6, 6.07) is 46.4. The van der Waals surface area contributed by atoms with Crippen molar-refractivity contribution in [1.29, 1.82) is 0 Å². The molecule has 0 atom stereocenters. The van der Waals surface area contributed by atoms with E-state index in [1.54, 1.807) is 27.4 Å². The number of hydrogen-bond acceptors (Lipinski definition) is 0. The van der Waals surface area contributed by atoms with Crippen molar-refractivity contribution in [2.75, 3.05) is 0 Å². The van der Waals surface area contributed by atoms with E-state index in [1.807, 2.05) is 30.3 Å². The third-order valence-corrected chi connectivity index (χ3v) is 7.71. The van der Waals surface area contributed by atoms with Gasteiger partial charge in [0.05, 0.1) is 0 Å². The Balaban J connectivity index is 0.000000309. The molecule has 0 amide bonds. The van der Waals surface area contributed by atoms with Gasteiger partial charge in [-0.3, -0.25) is 0 Å². The summed E-state index contributed by atoms with van der Waals surface area (Å²) in [4.78, 5) is 0. The molecule has 1 saturated carbocycles. The third kappa shape index (κ3) is 8.81. The third-order valence-electron chi connectivity index (χ3n) is 6.48. The number of fused-ring (bicyclic) bond motifs is 3. The van der Waals surface area contributed by atoms with Crippen LogP contribution in [0, 0.1) is 6.07 Å². The molecule has 0 N–H and O–H groups in total. The average Bonchev–Trinajstić information content (AvgIpc) is 3.34. The predicted octanol–water partition coefficient (Wildman–Crippen LogP) is 2.15. The fourth-order valence-corrected chi connectivity index (χ4v) is 4.74. The van der Waals surface area contributed by atoms with E-state index in [9.17, 15) is 0 Å². The number of halogens is 2. The first-order chi connectivity index (χ1) is 17.7. The standard InChI is InChI=1S/C27H21.C5H5.C3H4.2ClH.Zr/c1-3-7-20(8-4-1)15-22-11-13-24-19-25-14-12-23(18-27(25)26(24)17-22)16-21-9-5-2-6-10-21;1-2-4-5-3-1;1-2-3-1;;;/h1-13,17-18H,15-16,19H2;1-5H;1-2H2;2*1H;/q2*-1;;;;+2/p-2. The summed E-state index contributed by atoms with van der Waals surface area (Å²) in [5.41, 5.74) is 10.9. The Labute approximate surface area is 254 Å². The first kappa shape index (κ1) is 30.1. The molecular weight excluding hydrogens is 583 g/mol. The van der Waals surface area contributed by atoms with Gasteiger partial charge in [-0.25, -0.2) is 12.1 Å². The molecule has 190 valence electrons. The molecule has 2 aliphatic carbocycles. The van der Waals surface area contributed by atoms with Crippen LogP contribution in [-0.2, 0) is 43.5 Å². The summed E-state index contributed by atoms with van der Waals surface area (Å²) in [6.07, 6.45) is 5.83. The van der Waals surface area contributed by atoms with Crippen molar-refractivity contribution in [3.05, 3.63) is 161 Å². The van der Waals surface area contributed by atoms with E-state index >= 15 is 0 Å². The largest absolute Gasteiger partial charge is 0.214 e. The Morgan fingerprint density at radius 1 is 0.632 bits per heavy atom. The summed E-state index contributed by atoms with van der Waals surface area (Å²) in [5, 5.41) is 0. The summed E-state index contributed by atoms with van der Waals surface area (Å²) in [5.74, 6) is 0. The number of rotatable bonds is 4. The van der Waals surface area contributed by atoms with Gasteiger partial charge in [0.2, 0.25) is 0 Å². The first-order valence-electron chi connectivity index (χ1n) is 12.7. The zero-order valence-electron chi connectivity index (χ0n) is 21.3. The maximum absolute atomic E-state index is 3.55. The zero-order chi connectivity index (χ0) is 24.6. The molecule has 5 aromatic carbocycles. The maximum atomic E-state index is 3.55. The van der Waals surface area contributed by atoms with Crippen LogP contribution in [0.25, 0.3) is 11.1 Å². The molecule has 0 saturated heterocycles. The minimum absolute atomic E-state index is 0. The van der Waals surface area contributed by atoms with Crippen LogP contribution in [-0.4, -0.2) is 3.21 Å². The fourth-order valence-electron chi connectivity index (χ4n) is 4.44. The van der Waals surface area contributed by atoms with Gasteiger partial charge in [-0.2, -0.15) is 47.5 Å². The van der Waals surface area contributed by atoms with Gasteiger partial charge in [-0.1, -0.05) is 95.6 Å². The molecule has 0 radical (unpaired) electrons. The van der Waals surface area contributed by atoms with Crippen LogP contribution in [0.15, 0.2) is 121 Å². The summed E-state index contributed by atoms with van der Waals surface area (Å²) in [7, 11) is 0. The van der Waals surface area contributed by atoms with Crippen molar-refractivity contribution in [3.8, 4) is 11.1 Å². The van der Waals surface area contributed by atoms with E-state index in [2.05, 4.69) is 97.1 Å². The molecule has 38 heavy (non-hydrogen) atoms. The van der Waals surface area contributed by atoms with Gasteiger partial charge in [0, 0.05) is 0 Å². The second-order valence-electron chi connectivity index (χ2n) is 9.46. The SMILES string of the molecule is [Cl-].[Cl-].[Zr+2]=[C]1CC1.[c-]1cc(Cc2ccccc2)cc2c1Cc1ccc(Cc3ccccc3)cc1-2.c1cc[cH-]c1. The Hall–Kier alpha value is -2.44. The van der Waals surface area contributed by atoms with E-state index in [0.29, 0.717) is 0 Å². The van der Waals surface area contributed by atoms with E-state index < -0.39 is 0 Å². The van der Waals surface area contributed by atoms with Crippen LogP contribution in [0.1, 0.15) is 46.2 Å². The quantitative estimate of drug-likeness (QED) is 0.268. The molecule has 0 unspecified atom stereocenters. The van der Waals surface area contributed by atoms with Crippen LogP contribution in [0.4, 0.5) is 0 Å². The monoisotopic (exact) mass is 610 g/mol. The molecule has 0 heterocycles. The van der Waals surface area contributed by atoms with Crippen LogP contribution in [0.3, 0.4) is 0 Å². The van der Waals surface area contributed by atoms with Crippen molar-refractivity contribution in [2.45, 2.75) is 32.1 Å². The number of benzene rings is 4. The van der Waals surface area contributed by atoms with Crippen LogP contribution >= 0.6 is 0 Å². The summed E-state index contributed by atoms with van der Waals surface area (Å²) >= 11 is 1.66. The summed E-state index contributed by atoms with van der Waals surface area (Å²) < 4.78 is 1.76.